The molecule has 0 bridgehead atoms. The SMILES string of the molecule is N#Cc1cccc(C2=NOC3(CCC4(CC3)OCCO4)C2)c1. The van der Waals surface area contributed by atoms with E-state index in [9.17, 15) is 0 Å². The number of rotatable bonds is 1. The van der Waals surface area contributed by atoms with Crippen molar-refractivity contribution in [1.29, 1.82) is 5.26 Å². The molecule has 2 aliphatic heterocycles. The summed E-state index contributed by atoms with van der Waals surface area (Å²) in [5, 5.41) is 13.3. The standard InChI is InChI=1S/C17H18N2O3/c18-12-13-2-1-3-14(10-13)15-11-16(22-19-15)4-6-17(7-5-16)20-8-9-21-17/h1-3,10H,4-9,11H2. The Labute approximate surface area is 129 Å². The van der Waals surface area contributed by atoms with Gasteiger partial charge in [-0.15, -0.1) is 0 Å². The Morgan fingerprint density at radius 3 is 2.59 bits per heavy atom. The lowest BCUT2D eigenvalue weighted by Crippen LogP contribution is -2.43. The van der Waals surface area contributed by atoms with Crippen molar-refractivity contribution < 1.29 is 14.3 Å². The van der Waals surface area contributed by atoms with Gasteiger partial charge in [-0.1, -0.05) is 17.3 Å². The fraction of sp³-hybridized carbons (Fsp3) is 0.529. The van der Waals surface area contributed by atoms with E-state index in [1.165, 1.54) is 0 Å². The van der Waals surface area contributed by atoms with E-state index in [0.717, 1.165) is 43.4 Å². The third kappa shape index (κ3) is 2.29. The molecule has 0 aromatic heterocycles. The Morgan fingerprint density at radius 2 is 1.86 bits per heavy atom. The largest absolute Gasteiger partial charge is 0.389 e. The molecule has 0 unspecified atom stereocenters. The van der Waals surface area contributed by atoms with Gasteiger partial charge in [0.25, 0.3) is 0 Å². The molecule has 1 aromatic rings. The Hall–Kier alpha value is -1.90. The number of nitriles is 1. The molecule has 5 heteroatoms. The van der Waals surface area contributed by atoms with Crippen LogP contribution < -0.4 is 0 Å². The van der Waals surface area contributed by atoms with E-state index >= 15 is 0 Å². The molecule has 4 rings (SSSR count). The summed E-state index contributed by atoms with van der Waals surface area (Å²) >= 11 is 0. The van der Waals surface area contributed by atoms with Crippen LogP contribution in [0, 0.1) is 11.3 Å². The van der Waals surface area contributed by atoms with E-state index in [1.54, 1.807) is 6.07 Å². The average Bonchev–Trinajstić information content (AvgIpc) is 3.19. The van der Waals surface area contributed by atoms with Crippen molar-refractivity contribution in [3.8, 4) is 6.07 Å². The Kier molecular flexibility index (Phi) is 3.17. The molecule has 114 valence electrons. The monoisotopic (exact) mass is 298 g/mol. The second kappa shape index (κ2) is 5.08. The number of oxime groups is 1. The van der Waals surface area contributed by atoms with Crippen LogP contribution >= 0.6 is 0 Å². The van der Waals surface area contributed by atoms with Crippen LogP contribution in [-0.4, -0.2) is 30.3 Å². The molecule has 1 aliphatic carbocycles. The average molecular weight is 298 g/mol. The minimum Gasteiger partial charge on any atom is -0.389 e. The Balaban J connectivity index is 1.47. The van der Waals surface area contributed by atoms with Crippen molar-refractivity contribution in [3.05, 3.63) is 35.4 Å². The highest BCUT2D eigenvalue weighted by atomic mass is 16.7. The van der Waals surface area contributed by atoms with Crippen LogP contribution in [0.5, 0.6) is 0 Å². The fourth-order valence-electron chi connectivity index (χ4n) is 3.58. The van der Waals surface area contributed by atoms with Crippen LogP contribution in [0.2, 0.25) is 0 Å². The van der Waals surface area contributed by atoms with E-state index in [2.05, 4.69) is 11.2 Å². The van der Waals surface area contributed by atoms with Gasteiger partial charge in [-0.3, -0.25) is 0 Å². The molecule has 0 atom stereocenters. The van der Waals surface area contributed by atoms with Gasteiger partial charge in [-0.25, -0.2) is 0 Å². The first kappa shape index (κ1) is 13.7. The lowest BCUT2D eigenvalue weighted by atomic mass is 9.78. The van der Waals surface area contributed by atoms with Crippen molar-refractivity contribution in [3.63, 3.8) is 0 Å². The van der Waals surface area contributed by atoms with Crippen molar-refractivity contribution in [2.45, 2.75) is 43.5 Å². The van der Waals surface area contributed by atoms with Crippen LogP contribution in [-0.2, 0) is 14.3 Å². The highest BCUT2D eigenvalue weighted by Gasteiger charge is 2.50. The molecular weight excluding hydrogens is 280 g/mol. The van der Waals surface area contributed by atoms with Crippen LogP contribution in [0.15, 0.2) is 29.4 Å². The van der Waals surface area contributed by atoms with Gasteiger partial charge in [-0.05, 0) is 25.0 Å². The van der Waals surface area contributed by atoms with Crippen molar-refractivity contribution >= 4 is 5.71 Å². The maximum atomic E-state index is 9.02. The number of nitrogens with zero attached hydrogens (tertiary/aromatic N) is 2. The topological polar surface area (TPSA) is 63.8 Å². The molecule has 2 spiro atoms. The molecule has 1 aromatic carbocycles. The van der Waals surface area contributed by atoms with Crippen LogP contribution in [0.25, 0.3) is 0 Å². The summed E-state index contributed by atoms with van der Waals surface area (Å²) in [6.07, 6.45) is 4.27. The van der Waals surface area contributed by atoms with E-state index in [0.29, 0.717) is 18.8 Å². The molecular formula is C17H18N2O3. The van der Waals surface area contributed by atoms with Gasteiger partial charge >= 0.3 is 0 Å². The first-order valence-corrected chi connectivity index (χ1v) is 7.76. The Morgan fingerprint density at radius 1 is 1.09 bits per heavy atom. The van der Waals surface area contributed by atoms with Gasteiger partial charge in [0.1, 0.15) is 5.60 Å². The molecule has 1 saturated carbocycles. The molecule has 0 radical (unpaired) electrons. The molecule has 5 nitrogen and oxygen atoms in total. The van der Waals surface area contributed by atoms with Gasteiger partial charge in [0.2, 0.25) is 0 Å². The summed E-state index contributed by atoms with van der Waals surface area (Å²) in [7, 11) is 0. The molecule has 1 saturated heterocycles. The quantitative estimate of drug-likeness (QED) is 0.799. The number of hydrogen-bond acceptors (Lipinski definition) is 5. The predicted octanol–water partition coefficient (Wildman–Crippen LogP) is 2.74. The zero-order valence-electron chi connectivity index (χ0n) is 12.4. The summed E-state index contributed by atoms with van der Waals surface area (Å²) < 4.78 is 11.5. The maximum absolute atomic E-state index is 9.02. The third-order valence-corrected chi connectivity index (χ3v) is 4.90. The highest BCUT2D eigenvalue weighted by Crippen LogP contribution is 2.46. The van der Waals surface area contributed by atoms with Crippen molar-refractivity contribution in [2.24, 2.45) is 5.16 Å². The summed E-state index contributed by atoms with van der Waals surface area (Å²) in [4.78, 5) is 5.82. The summed E-state index contributed by atoms with van der Waals surface area (Å²) in [6, 6.07) is 9.70. The van der Waals surface area contributed by atoms with Gasteiger partial charge in [-0.2, -0.15) is 5.26 Å². The van der Waals surface area contributed by atoms with Crippen LogP contribution in [0.4, 0.5) is 0 Å². The van der Waals surface area contributed by atoms with Crippen LogP contribution in [0.1, 0.15) is 43.2 Å². The van der Waals surface area contributed by atoms with Crippen molar-refractivity contribution in [2.75, 3.05) is 13.2 Å². The minimum atomic E-state index is -0.377. The summed E-state index contributed by atoms with van der Waals surface area (Å²) in [5.41, 5.74) is 2.33. The third-order valence-electron chi connectivity index (χ3n) is 4.90. The van der Waals surface area contributed by atoms with Gasteiger partial charge < -0.3 is 14.3 Å². The second-order valence-corrected chi connectivity index (χ2v) is 6.29. The van der Waals surface area contributed by atoms with E-state index in [-0.39, 0.29) is 11.4 Å². The molecule has 3 aliphatic rings. The van der Waals surface area contributed by atoms with E-state index in [1.807, 2.05) is 18.2 Å². The lowest BCUT2D eigenvalue weighted by Gasteiger charge is -2.39. The second-order valence-electron chi connectivity index (χ2n) is 6.29. The molecule has 0 amide bonds. The zero-order valence-corrected chi connectivity index (χ0v) is 12.4. The zero-order chi connectivity index (χ0) is 15.0. The first-order chi connectivity index (χ1) is 10.7. The highest BCUT2D eigenvalue weighted by molar-refractivity contribution is 6.01. The van der Waals surface area contributed by atoms with E-state index in [4.69, 9.17) is 19.6 Å². The van der Waals surface area contributed by atoms with Crippen LogP contribution in [0.3, 0.4) is 0 Å². The molecule has 2 fully saturated rings. The van der Waals surface area contributed by atoms with Gasteiger partial charge in [0.05, 0.1) is 30.6 Å². The Bertz CT molecular complexity index is 646. The normalized spacial score (nSPS) is 25.0. The summed E-state index contributed by atoms with van der Waals surface area (Å²) in [5.74, 6) is -0.377. The lowest BCUT2D eigenvalue weighted by molar-refractivity contribution is -0.206. The molecule has 2 heterocycles. The summed E-state index contributed by atoms with van der Waals surface area (Å²) in [6.45, 7) is 1.38. The molecule has 22 heavy (non-hydrogen) atoms. The predicted molar refractivity (Wildman–Crippen MR) is 79.2 cm³/mol. The fourth-order valence-corrected chi connectivity index (χ4v) is 3.58. The maximum Gasteiger partial charge on any atom is 0.168 e. The smallest absolute Gasteiger partial charge is 0.168 e. The van der Waals surface area contributed by atoms with Crippen molar-refractivity contribution in [1.82, 2.24) is 0 Å². The number of hydrogen-bond donors (Lipinski definition) is 0. The van der Waals surface area contributed by atoms with Gasteiger partial charge in [0, 0.05) is 24.8 Å². The van der Waals surface area contributed by atoms with E-state index < -0.39 is 0 Å². The first-order valence-electron chi connectivity index (χ1n) is 7.76. The molecule has 0 N–H and O–H groups in total. The number of ether oxygens (including phenoxy) is 2. The minimum absolute atomic E-state index is 0.224. The number of benzene rings is 1. The van der Waals surface area contributed by atoms with Gasteiger partial charge in [0.15, 0.2) is 5.79 Å².